The van der Waals surface area contributed by atoms with Crippen molar-refractivity contribution in [3.8, 4) is 11.1 Å². The fraction of sp³-hybridized carbons (Fsp3) is 0.385. The summed E-state index contributed by atoms with van der Waals surface area (Å²) in [5, 5.41) is 4.03. The maximum atomic E-state index is 12.7. The third kappa shape index (κ3) is 6.73. The Bertz CT molecular complexity index is 1130. The SMILES string of the molecule is CCCc1cccc2c(-c3ccccc3)c(CC(=O)NCCCCOP(=O)(OC)OC)cnc12. The van der Waals surface area contributed by atoms with Gasteiger partial charge in [0.1, 0.15) is 0 Å². The zero-order valence-corrected chi connectivity index (χ0v) is 21.0. The van der Waals surface area contributed by atoms with Crippen molar-refractivity contribution >= 4 is 24.6 Å². The van der Waals surface area contributed by atoms with E-state index in [-0.39, 0.29) is 18.9 Å². The molecular formula is C26H33N2O5P. The summed E-state index contributed by atoms with van der Waals surface area (Å²) >= 11 is 0. The number of phosphoric acid groups is 1. The number of fused-ring (bicyclic) bond motifs is 1. The topological polar surface area (TPSA) is 86.8 Å². The van der Waals surface area contributed by atoms with E-state index in [1.54, 1.807) is 0 Å². The average Bonchev–Trinajstić information content (AvgIpc) is 2.86. The first-order chi connectivity index (χ1) is 16.5. The molecule has 0 spiro atoms. The molecule has 0 bridgehead atoms. The van der Waals surface area contributed by atoms with Crippen LogP contribution in [0.5, 0.6) is 0 Å². The van der Waals surface area contributed by atoms with Crippen molar-refractivity contribution in [2.24, 2.45) is 0 Å². The van der Waals surface area contributed by atoms with Crippen molar-refractivity contribution in [3.05, 3.63) is 65.9 Å². The van der Waals surface area contributed by atoms with Gasteiger partial charge >= 0.3 is 7.82 Å². The van der Waals surface area contributed by atoms with Crippen molar-refractivity contribution in [1.82, 2.24) is 10.3 Å². The summed E-state index contributed by atoms with van der Waals surface area (Å²) < 4.78 is 26.5. The number of carbonyl (C=O) groups is 1. The van der Waals surface area contributed by atoms with Crippen LogP contribution < -0.4 is 5.32 Å². The Morgan fingerprint density at radius 1 is 1.00 bits per heavy atom. The summed E-state index contributed by atoms with van der Waals surface area (Å²) in [5.74, 6) is -0.0663. The number of hydrogen-bond acceptors (Lipinski definition) is 6. The number of carbonyl (C=O) groups excluding carboxylic acids is 1. The van der Waals surface area contributed by atoms with Crippen molar-refractivity contribution in [1.29, 1.82) is 0 Å². The lowest BCUT2D eigenvalue weighted by molar-refractivity contribution is -0.120. The number of pyridine rings is 1. The molecule has 3 rings (SSSR count). The standard InChI is InChI=1S/C26H33N2O5P/c1-4-11-21-14-10-15-23-25(20-12-6-5-7-13-20)22(19-28-26(21)23)18-24(29)27-16-8-9-17-33-34(30,31-2)32-3/h5-7,10,12-15,19H,4,8-9,11,16-18H2,1-3H3,(H,27,29). The highest BCUT2D eigenvalue weighted by atomic mass is 31.2. The van der Waals surface area contributed by atoms with Gasteiger partial charge in [-0.25, -0.2) is 4.57 Å². The van der Waals surface area contributed by atoms with Crippen LogP contribution in [0.1, 0.15) is 37.3 Å². The zero-order valence-electron chi connectivity index (χ0n) is 20.1. The molecule has 0 saturated carbocycles. The van der Waals surface area contributed by atoms with Crippen LogP contribution in [0.25, 0.3) is 22.0 Å². The molecule has 1 heterocycles. The van der Waals surface area contributed by atoms with Gasteiger partial charge in [-0.05, 0) is 41.5 Å². The number of aryl methyl sites for hydroxylation is 1. The number of nitrogens with zero attached hydrogens (tertiary/aromatic N) is 1. The van der Waals surface area contributed by atoms with Gasteiger partial charge in [0.05, 0.1) is 18.5 Å². The number of rotatable bonds is 13. The molecule has 0 fully saturated rings. The van der Waals surface area contributed by atoms with Crippen LogP contribution in [0, 0.1) is 0 Å². The highest BCUT2D eigenvalue weighted by molar-refractivity contribution is 7.48. The first kappa shape index (κ1) is 26.0. The van der Waals surface area contributed by atoms with E-state index in [0.29, 0.717) is 19.4 Å². The molecule has 1 aromatic heterocycles. The molecule has 0 aliphatic carbocycles. The van der Waals surface area contributed by atoms with E-state index in [1.165, 1.54) is 19.8 Å². The van der Waals surface area contributed by atoms with Gasteiger partial charge in [-0.2, -0.15) is 0 Å². The second-order valence-corrected chi connectivity index (χ2v) is 9.85. The molecule has 7 nitrogen and oxygen atoms in total. The number of unbranched alkanes of at least 4 members (excludes halogenated alkanes) is 1. The van der Waals surface area contributed by atoms with E-state index in [1.807, 2.05) is 24.4 Å². The zero-order chi connectivity index (χ0) is 24.4. The van der Waals surface area contributed by atoms with E-state index >= 15 is 0 Å². The average molecular weight is 485 g/mol. The normalized spacial score (nSPS) is 11.6. The van der Waals surface area contributed by atoms with Crippen LogP contribution in [0.3, 0.4) is 0 Å². The largest absolute Gasteiger partial charge is 0.474 e. The lowest BCUT2D eigenvalue weighted by Crippen LogP contribution is -2.26. The Hall–Kier alpha value is -2.57. The molecule has 0 radical (unpaired) electrons. The Balaban J connectivity index is 1.69. The van der Waals surface area contributed by atoms with Crippen LogP contribution in [-0.4, -0.2) is 38.3 Å². The molecule has 0 unspecified atom stereocenters. The number of amides is 1. The maximum absolute atomic E-state index is 12.7. The van der Waals surface area contributed by atoms with E-state index in [0.717, 1.165) is 40.4 Å². The molecule has 8 heteroatoms. The second kappa shape index (κ2) is 12.8. The Kier molecular flexibility index (Phi) is 9.78. The molecule has 1 N–H and O–H groups in total. The molecule has 1 amide bonds. The molecule has 3 aromatic rings. The number of para-hydroxylation sites is 1. The molecule has 0 aliphatic heterocycles. The molecule has 0 saturated heterocycles. The first-order valence-electron chi connectivity index (χ1n) is 11.6. The molecule has 2 aromatic carbocycles. The predicted octanol–water partition coefficient (Wildman–Crippen LogP) is 5.71. The smallest absolute Gasteiger partial charge is 0.356 e. The molecular weight excluding hydrogens is 451 g/mol. The second-order valence-electron chi connectivity index (χ2n) is 7.97. The summed E-state index contributed by atoms with van der Waals surface area (Å²) in [6.45, 7) is 2.88. The predicted molar refractivity (Wildman–Crippen MR) is 135 cm³/mol. The van der Waals surface area contributed by atoms with Crippen molar-refractivity contribution < 1.29 is 22.9 Å². The third-order valence-corrected chi connectivity index (χ3v) is 6.98. The minimum Gasteiger partial charge on any atom is -0.356 e. The van der Waals surface area contributed by atoms with Crippen molar-refractivity contribution in [2.75, 3.05) is 27.4 Å². The van der Waals surface area contributed by atoms with E-state index in [9.17, 15) is 9.36 Å². The lowest BCUT2D eigenvalue weighted by atomic mass is 9.93. The number of hydrogen-bond donors (Lipinski definition) is 1. The van der Waals surface area contributed by atoms with Crippen LogP contribution in [0.15, 0.2) is 54.7 Å². The van der Waals surface area contributed by atoms with Gasteiger partial charge in [-0.15, -0.1) is 0 Å². The molecule has 34 heavy (non-hydrogen) atoms. The van der Waals surface area contributed by atoms with Crippen LogP contribution >= 0.6 is 7.82 Å². The molecule has 182 valence electrons. The lowest BCUT2D eigenvalue weighted by Gasteiger charge is -2.15. The summed E-state index contributed by atoms with van der Waals surface area (Å²) in [6.07, 6.45) is 5.39. The fourth-order valence-electron chi connectivity index (χ4n) is 3.92. The van der Waals surface area contributed by atoms with Crippen LogP contribution in [-0.2, 0) is 35.8 Å². The Morgan fingerprint density at radius 2 is 1.76 bits per heavy atom. The van der Waals surface area contributed by atoms with Gasteiger partial charge in [-0.1, -0.05) is 61.9 Å². The van der Waals surface area contributed by atoms with Gasteiger partial charge in [0, 0.05) is 32.3 Å². The molecule has 0 aliphatic rings. The fourth-order valence-corrected chi connectivity index (χ4v) is 4.64. The van der Waals surface area contributed by atoms with Gasteiger partial charge < -0.3 is 5.32 Å². The molecule has 0 atom stereocenters. The monoisotopic (exact) mass is 484 g/mol. The quantitative estimate of drug-likeness (QED) is 0.247. The summed E-state index contributed by atoms with van der Waals surface area (Å²) in [6, 6.07) is 16.4. The number of phosphoric ester groups is 1. The van der Waals surface area contributed by atoms with Gasteiger partial charge in [0.2, 0.25) is 5.91 Å². The summed E-state index contributed by atoms with van der Waals surface area (Å²) in [7, 11) is -0.896. The van der Waals surface area contributed by atoms with Gasteiger partial charge in [-0.3, -0.25) is 23.3 Å². The summed E-state index contributed by atoms with van der Waals surface area (Å²) in [4.78, 5) is 17.5. The number of nitrogens with one attached hydrogen (secondary N) is 1. The Labute approximate surface area is 201 Å². The third-order valence-electron chi connectivity index (χ3n) is 5.58. The maximum Gasteiger partial charge on any atom is 0.474 e. The van der Waals surface area contributed by atoms with E-state index < -0.39 is 7.82 Å². The minimum absolute atomic E-state index is 0.0663. The van der Waals surface area contributed by atoms with Crippen molar-refractivity contribution in [3.63, 3.8) is 0 Å². The van der Waals surface area contributed by atoms with Crippen molar-refractivity contribution in [2.45, 2.75) is 39.0 Å². The van der Waals surface area contributed by atoms with Crippen LogP contribution in [0.4, 0.5) is 0 Å². The number of benzene rings is 2. The minimum atomic E-state index is -3.45. The number of aromatic nitrogens is 1. The Morgan fingerprint density at radius 3 is 2.47 bits per heavy atom. The van der Waals surface area contributed by atoms with Crippen LogP contribution in [0.2, 0.25) is 0 Å². The van der Waals surface area contributed by atoms with Gasteiger partial charge in [0.15, 0.2) is 0 Å². The highest BCUT2D eigenvalue weighted by Gasteiger charge is 2.22. The van der Waals surface area contributed by atoms with E-state index in [4.69, 9.17) is 18.6 Å². The summed E-state index contributed by atoms with van der Waals surface area (Å²) in [5.41, 5.74) is 5.25. The van der Waals surface area contributed by atoms with Gasteiger partial charge in [0.25, 0.3) is 0 Å². The van der Waals surface area contributed by atoms with E-state index in [2.05, 4.69) is 42.6 Å². The highest BCUT2D eigenvalue weighted by Crippen LogP contribution is 2.47. The first-order valence-corrected chi connectivity index (χ1v) is 13.0.